The zero-order chi connectivity index (χ0) is 55.9. The fraction of sp³-hybridized carbons (Fsp3) is 0.875. The van der Waals surface area contributed by atoms with Crippen molar-refractivity contribution in [3.8, 4) is 0 Å². The van der Waals surface area contributed by atoms with Gasteiger partial charge in [0.15, 0.2) is 0 Å². The molecule has 0 saturated heterocycles. The van der Waals surface area contributed by atoms with Crippen molar-refractivity contribution < 1.29 is 113 Å². The van der Waals surface area contributed by atoms with Crippen molar-refractivity contribution in [3.05, 3.63) is 0 Å². The predicted octanol–water partition coefficient (Wildman–Crippen LogP) is 6.66. The van der Waals surface area contributed by atoms with Crippen molar-refractivity contribution >= 4 is 41.8 Å². The van der Waals surface area contributed by atoms with E-state index in [0.717, 1.165) is 135 Å². The summed E-state index contributed by atoms with van der Waals surface area (Å²) < 4.78 is 0. The topological polar surface area (TPSA) is 281 Å². The number of rotatable bonds is 35. The van der Waals surface area contributed by atoms with Crippen LogP contribution < -0.4 is 35.7 Å². The molecule has 0 rings (SSSR count). The Bertz CT molecular complexity index is 967. The number of carboxylic acids is 7. The van der Waals surface area contributed by atoms with Crippen LogP contribution in [-0.4, -0.2) is 41.8 Å². The van der Waals surface area contributed by atoms with Gasteiger partial charge in [0.2, 0.25) is 0 Å². The summed E-state index contributed by atoms with van der Waals surface area (Å²) in [6.07, 6.45) is 24.7. The Morgan fingerprint density at radius 3 is 0.361 bits per heavy atom. The molecule has 0 aromatic heterocycles. The molecule has 0 aliphatic heterocycles. The minimum atomic E-state index is -0.893. The number of hydrogen-bond acceptors (Lipinski definition) is 14. The van der Waals surface area contributed by atoms with Gasteiger partial charge in [-0.15, -0.1) is 0 Å². The van der Waals surface area contributed by atoms with Gasteiger partial charge in [-0.25, -0.2) is 0 Å². The van der Waals surface area contributed by atoms with Crippen LogP contribution in [0.3, 0.4) is 0 Å². The summed E-state index contributed by atoms with van der Waals surface area (Å²) in [5.74, 6) is -7.80. The monoisotopic (exact) mass is 1150 g/mol. The molecule has 425 valence electrons. The van der Waals surface area contributed by atoms with Crippen LogP contribution in [0.25, 0.3) is 0 Å². The van der Waals surface area contributed by atoms with Gasteiger partial charge in [-0.1, -0.05) is 187 Å². The number of carboxylic acid groups (broad SMARTS) is 7. The number of hydrogen-bond donors (Lipinski definition) is 0. The van der Waals surface area contributed by atoms with Gasteiger partial charge >= 0.3 is 43.3 Å². The molecule has 0 aliphatic carbocycles. The molecule has 0 N–H and O–H groups in total. The van der Waals surface area contributed by atoms with Gasteiger partial charge in [0.05, 0.1) is 0 Å². The van der Waals surface area contributed by atoms with Crippen molar-refractivity contribution in [2.75, 3.05) is 0 Å². The van der Waals surface area contributed by atoms with Crippen LogP contribution in [0.4, 0.5) is 0 Å². The fourth-order valence-electron chi connectivity index (χ4n) is 6.57. The Kier molecular flexibility index (Phi) is 85.2. The van der Waals surface area contributed by atoms with E-state index in [1.165, 1.54) is 0 Å². The molecule has 0 bridgehead atoms. The number of unbranched alkanes of at least 4 members (excludes halogenated alkanes) is 7. The summed E-state index contributed by atoms with van der Waals surface area (Å²) in [5.41, 5.74) is 0. The maximum Gasteiger partial charge on any atom is 4.00 e. The van der Waals surface area contributed by atoms with Crippen molar-refractivity contribution in [2.24, 2.45) is 41.4 Å². The van der Waals surface area contributed by atoms with Gasteiger partial charge in [0.1, 0.15) is 0 Å². The molecule has 14 nitrogen and oxygen atoms in total. The van der Waals surface area contributed by atoms with Crippen molar-refractivity contribution in [1.29, 1.82) is 0 Å². The second-order valence-electron chi connectivity index (χ2n) is 18.0. The fourth-order valence-corrected chi connectivity index (χ4v) is 6.57. The average molecular weight is 1150 g/mol. The first-order valence-corrected chi connectivity index (χ1v) is 27.5. The largest absolute Gasteiger partial charge is 4.00 e. The molecule has 72 heavy (non-hydrogen) atoms. The van der Waals surface area contributed by atoms with Crippen LogP contribution >= 0.6 is 0 Å². The zero-order valence-electron chi connectivity index (χ0n) is 47.9. The first kappa shape index (κ1) is 89.3. The van der Waals surface area contributed by atoms with Crippen LogP contribution in [0.15, 0.2) is 0 Å². The standard InChI is InChI=1S/7C8H16O2.Fe.Zr/c7*1-3-5-6-7(4-2)8(9)10;;/h7*7H,3-6H2,1-2H3,(H,9,10);;/q;;;;;;;+3;+4/p-7. The van der Waals surface area contributed by atoms with E-state index >= 15 is 0 Å². The molecule has 0 fully saturated rings. The van der Waals surface area contributed by atoms with Crippen LogP contribution in [0.2, 0.25) is 0 Å². The molecule has 16 heteroatoms. The van der Waals surface area contributed by atoms with E-state index in [1.807, 2.05) is 48.5 Å². The van der Waals surface area contributed by atoms with Crippen molar-refractivity contribution in [3.63, 3.8) is 0 Å². The van der Waals surface area contributed by atoms with Crippen LogP contribution in [-0.2, 0) is 76.8 Å². The van der Waals surface area contributed by atoms with E-state index in [2.05, 4.69) is 48.5 Å². The van der Waals surface area contributed by atoms with E-state index in [0.29, 0.717) is 44.9 Å². The summed E-state index contributed by atoms with van der Waals surface area (Å²) in [6.45, 7) is 27.6. The smallest absolute Gasteiger partial charge is 0.550 e. The molecule has 0 spiro atoms. The Labute approximate surface area is 469 Å². The maximum atomic E-state index is 10.3. The second kappa shape index (κ2) is 68.7. The average Bonchev–Trinajstić information content (AvgIpc) is 3.31. The Morgan fingerprint density at radius 2 is 0.319 bits per heavy atom. The third-order valence-corrected chi connectivity index (χ3v) is 12.1. The van der Waals surface area contributed by atoms with E-state index in [4.69, 9.17) is 0 Å². The van der Waals surface area contributed by atoms with Gasteiger partial charge < -0.3 is 69.3 Å². The molecule has 7 unspecified atom stereocenters. The maximum absolute atomic E-state index is 10.3. The molecule has 0 heterocycles. The van der Waals surface area contributed by atoms with Crippen LogP contribution in [0, 0.1) is 41.4 Å². The molecule has 0 amide bonds. The quantitative estimate of drug-likeness (QED) is 0.0600. The van der Waals surface area contributed by atoms with Crippen LogP contribution in [0.1, 0.15) is 277 Å². The van der Waals surface area contributed by atoms with Gasteiger partial charge in [0.25, 0.3) is 0 Å². The van der Waals surface area contributed by atoms with Gasteiger partial charge in [0, 0.05) is 41.8 Å². The Morgan fingerprint density at radius 1 is 0.236 bits per heavy atom. The number of carbonyl (C=O) groups excluding carboxylic acids is 7. The first-order valence-electron chi connectivity index (χ1n) is 27.5. The number of carbonyl (C=O) groups is 7. The summed E-state index contributed by atoms with van der Waals surface area (Å²) in [5, 5.41) is 72.3. The summed E-state index contributed by atoms with van der Waals surface area (Å²) in [6, 6.07) is 0. The van der Waals surface area contributed by atoms with Gasteiger partial charge in [-0.3, -0.25) is 0 Å². The molecule has 1 radical (unpaired) electrons. The van der Waals surface area contributed by atoms with Crippen molar-refractivity contribution in [2.45, 2.75) is 277 Å². The zero-order valence-corrected chi connectivity index (χ0v) is 51.5. The van der Waals surface area contributed by atoms with E-state index in [9.17, 15) is 69.3 Å². The predicted molar refractivity (Wildman–Crippen MR) is 268 cm³/mol. The molecule has 0 aromatic carbocycles. The second-order valence-corrected chi connectivity index (χ2v) is 18.0. The van der Waals surface area contributed by atoms with Gasteiger partial charge in [-0.05, 0) is 131 Å². The molecule has 7 atom stereocenters. The molecule has 0 aliphatic rings. The van der Waals surface area contributed by atoms with Crippen molar-refractivity contribution in [1.82, 2.24) is 0 Å². The Balaban J connectivity index is -0.0000000915. The minimum absolute atomic E-state index is 0. The van der Waals surface area contributed by atoms with Gasteiger partial charge in [-0.2, -0.15) is 0 Å². The van der Waals surface area contributed by atoms with Crippen LogP contribution in [0.5, 0.6) is 0 Å². The van der Waals surface area contributed by atoms with E-state index in [-0.39, 0.29) is 84.7 Å². The summed E-state index contributed by atoms with van der Waals surface area (Å²) >= 11 is 0. The first-order chi connectivity index (χ1) is 33.0. The molecular weight excluding hydrogens is 1040 g/mol. The van der Waals surface area contributed by atoms with E-state index in [1.54, 1.807) is 0 Å². The summed E-state index contributed by atoms with van der Waals surface area (Å²) in [4.78, 5) is 72.3. The SMILES string of the molecule is CCCCC(CC)C(=O)[O-].CCCCC(CC)C(=O)[O-].CCCCC(CC)C(=O)[O-].CCCCC(CC)C(=O)[O-].CCCCC(CC)C(=O)[O-].CCCCC(CC)C(=O)[O-].CCCCC(CC)C(=O)[O-].[Fe+3].[Zr+4]. The third-order valence-electron chi connectivity index (χ3n) is 12.1. The number of aliphatic carboxylic acids is 7. The van der Waals surface area contributed by atoms with E-state index < -0.39 is 41.8 Å². The molecular formula is C56H105FeO14Zr. The minimum Gasteiger partial charge on any atom is -0.550 e. The molecule has 0 saturated carbocycles. The normalized spacial score (nSPS) is 12.6. The molecule has 0 aromatic rings. The Hall–Kier alpha value is -2.31. The summed E-state index contributed by atoms with van der Waals surface area (Å²) in [7, 11) is 0. The third kappa shape index (κ3) is 65.7.